The van der Waals surface area contributed by atoms with Crippen molar-refractivity contribution in [3.05, 3.63) is 41.7 Å². The zero-order valence-corrected chi connectivity index (χ0v) is 12.7. The van der Waals surface area contributed by atoms with Crippen LogP contribution in [0.1, 0.15) is 11.3 Å². The van der Waals surface area contributed by atoms with Crippen LogP contribution >= 0.6 is 0 Å². The van der Waals surface area contributed by atoms with Gasteiger partial charge >= 0.3 is 0 Å². The first kappa shape index (κ1) is 15.6. The van der Waals surface area contributed by atoms with Crippen LogP contribution in [0.15, 0.2) is 35.4 Å². The van der Waals surface area contributed by atoms with E-state index < -0.39 is 9.84 Å². The molecular weight excluding hydrogens is 290 g/mol. The van der Waals surface area contributed by atoms with Crippen LogP contribution in [0.4, 0.5) is 0 Å². The van der Waals surface area contributed by atoms with Gasteiger partial charge < -0.3 is 11.1 Å². The molecule has 0 bridgehead atoms. The highest BCUT2D eigenvalue weighted by molar-refractivity contribution is 7.90. The summed E-state index contributed by atoms with van der Waals surface area (Å²) in [5.41, 5.74) is 7.26. The minimum atomic E-state index is -3.13. The molecule has 0 saturated carbocycles. The third kappa shape index (κ3) is 4.62. The van der Waals surface area contributed by atoms with Gasteiger partial charge in [0.1, 0.15) is 0 Å². The lowest BCUT2D eigenvalue weighted by molar-refractivity contribution is 0.540. The van der Waals surface area contributed by atoms with Gasteiger partial charge in [0.25, 0.3) is 0 Å². The molecule has 0 fully saturated rings. The van der Waals surface area contributed by atoms with E-state index in [0.29, 0.717) is 24.5 Å². The van der Waals surface area contributed by atoms with Crippen molar-refractivity contribution >= 4 is 9.84 Å². The van der Waals surface area contributed by atoms with Crippen molar-refractivity contribution in [2.45, 2.75) is 24.5 Å². The first-order valence-electron chi connectivity index (χ1n) is 6.58. The Morgan fingerprint density at radius 2 is 2.00 bits per heavy atom. The van der Waals surface area contributed by atoms with Gasteiger partial charge in [0.15, 0.2) is 9.84 Å². The van der Waals surface area contributed by atoms with E-state index in [1.807, 2.05) is 18.3 Å². The minimum Gasteiger partial charge on any atom is -0.325 e. The predicted octanol–water partition coefficient (Wildman–Crippen LogP) is -0.0699. The summed E-state index contributed by atoms with van der Waals surface area (Å²) in [5.74, 6) is 0. The van der Waals surface area contributed by atoms with Crippen LogP contribution in [0.2, 0.25) is 0 Å². The van der Waals surface area contributed by atoms with Gasteiger partial charge in [-0.3, -0.25) is 4.68 Å². The number of rotatable bonds is 7. The summed E-state index contributed by atoms with van der Waals surface area (Å²) in [5, 5.41) is 11.1. The number of nitrogens with one attached hydrogen (secondary N) is 1. The second-order valence-electron chi connectivity index (χ2n) is 4.77. The van der Waals surface area contributed by atoms with Gasteiger partial charge in [-0.25, -0.2) is 8.42 Å². The molecule has 3 N–H and O–H groups in total. The number of nitrogens with two attached hydrogens (primary N) is 1. The SMILES string of the molecule is CS(=O)(=O)c1ccc(CNCCn2cc(CN)nn2)cc1. The fraction of sp³-hybridized carbons (Fsp3) is 0.385. The van der Waals surface area contributed by atoms with Gasteiger partial charge in [-0.2, -0.15) is 0 Å². The Kier molecular flexibility index (Phi) is 5.05. The Morgan fingerprint density at radius 3 is 2.57 bits per heavy atom. The van der Waals surface area contributed by atoms with Gasteiger partial charge in [0, 0.05) is 32.1 Å². The molecule has 8 heteroatoms. The van der Waals surface area contributed by atoms with Crippen molar-refractivity contribution in [2.75, 3.05) is 12.8 Å². The van der Waals surface area contributed by atoms with Gasteiger partial charge in [0.2, 0.25) is 0 Å². The average molecular weight is 309 g/mol. The van der Waals surface area contributed by atoms with Crippen LogP contribution in [0.3, 0.4) is 0 Å². The molecule has 1 aromatic carbocycles. The predicted molar refractivity (Wildman–Crippen MR) is 79.2 cm³/mol. The standard InChI is InChI=1S/C13H19N5O2S/c1-21(19,20)13-4-2-11(3-5-13)9-15-6-7-18-10-12(8-14)16-17-18/h2-5,10,15H,6-9,14H2,1H3. The quantitative estimate of drug-likeness (QED) is 0.694. The van der Waals surface area contributed by atoms with E-state index in [0.717, 1.165) is 17.8 Å². The first-order valence-corrected chi connectivity index (χ1v) is 8.47. The second-order valence-corrected chi connectivity index (χ2v) is 6.79. The highest BCUT2D eigenvalue weighted by atomic mass is 32.2. The van der Waals surface area contributed by atoms with E-state index >= 15 is 0 Å². The van der Waals surface area contributed by atoms with E-state index in [-0.39, 0.29) is 0 Å². The van der Waals surface area contributed by atoms with Crippen LogP contribution in [0.5, 0.6) is 0 Å². The molecule has 2 aromatic rings. The fourth-order valence-corrected chi connectivity index (χ4v) is 2.45. The highest BCUT2D eigenvalue weighted by Gasteiger charge is 2.05. The molecule has 0 spiro atoms. The maximum atomic E-state index is 11.3. The molecule has 2 rings (SSSR count). The zero-order valence-electron chi connectivity index (χ0n) is 11.9. The van der Waals surface area contributed by atoms with Crippen molar-refractivity contribution in [3.8, 4) is 0 Å². The molecule has 114 valence electrons. The van der Waals surface area contributed by atoms with Crippen LogP contribution in [0, 0.1) is 0 Å². The van der Waals surface area contributed by atoms with E-state index in [9.17, 15) is 8.42 Å². The Bertz CT molecular complexity index is 679. The molecule has 1 heterocycles. The number of aromatic nitrogens is 3. The average Bonchev–Trinajstić information content (AvgIpc) is 2.91. The summed E-state index contributed by atoms with van der Waals surface area (Å²) < 4.78 is 24.4. The minimum absolute atomic E-state index is 0.336. The summed E-state index contributed by atoms with van der Waals surface area (Å²) in [6.07, 6.45) is 3.02. The smallest absolute Gasteiger partial charge is 0.175 e. The first-order chi connectivity index (χ1) is 9.99. The number of hydrogen-bond acceptors (Lipinski definition) is 6. The Hall–Kier alpha value is -1.77. The molecule has 0 atom stereocenters. The maximum absolute atomic E-state index is 11.3. The Balaban J connectivity index is 1.78. The number of sulfone groups is 1. The Labute approximate surface area is 124 Å². The maximum Gasteiger partial charge on any atom is 0.175 e. The summed E-state index contributed by atoms with van der Waals surface area (Å²) in [4.78, 5) is 0.336. The Morgan fingerprint density at radius 1 is 1.29 bits per heavy atom. The van der Waals surface area contributed by atoms with Crippen LogP contribution in [0.25, 0.3) is 0 Å². The summed E-state index contributed by atoms with van der Waals surface area (Å²) in [7, 11) is -3.13. The molecule has 0 radical (unpaired) electrons. The van der Waals surface area contributed by atoms with Crippen molar-refractivity contribution in [3.63, 3.8) is 0 Å². The summed E-state index contributed by atoms with van der Waals surface area (Å²) in [6.45, 7) is 2.50. The van der Waals surface area contributed by atoms with Gasteiger partial charge in [0.05, 0.1) is 17.1 Å². The molecular formula is C13H19N5O2S. The van der Waals surface area contributed by atoms with Gasteiger partial charge in [-0.1, -0.05) is 17.3 Å². The summed E-state index contributed by atoms with van der Waals surface area (Å²) >= 11 is 0. The molecule has 1 aromatic heterocycles. The van der Waals surface area contributed by atoms with Crippen molar-refractivity contribution < 1.29 is 8.42 Å². The normalized spacial score (nSPS) is 11.7. The molecule has 0 saturated heterocycles. The number of benzene rings is 1. The molecule has 0 aliphatic carbocycles. The number of hydrogen-bond donors (Lipinski definition) is 2. The van der Waals surface area contributed by atoms with E-state index in [1.54, 1.807) is 16.8 Å². The van der Waals surface area contributed by atoms with Crippen molar-refractivity contribution in [1.82, 2.24) is 20.3 Å². The molecule has 21 heavy (non-hydrogen) atoms. The zero-order chi connectivity index (χ0) is 15.3. The van der Waals surface area contributed by atoms with Crippen molar-refractivity contribution in [1.29, 1.82) is 0 Å². The van der Waals surface area contributed by atoms with Gasteiger partial charge in [-0.05, 0) is 17.7 Å². The van der Waals surface area contributed by atoms with Crippen LogP contribution in [-0.4, -0.2) is 36.2 Å². The van der Waals surface area contributed by atoms with Crippen molar-refractivity contribution in [2.24, 2.45) is 5.73 Å². The van der Waals surface area contributed by atoms with E-state index in [4.69, 9.17) is 5.73 Å². The molecule has 0 aliphatic heterocycles. The van der Waals surface area contributed by atoms with Gasteiger partial charge in [-0.15, -0.1) is 5.10 Å². The third-order valence-electron chi connectivity index (χ3n) is 2.99. The third-order valence-corrected chi connectivity index (χ3v) is 4.12. The monoisotopic (exact) mass is 309 g/mol. The molecule has 0 unspecified atom stereocenters. The lowest BCUT2D eigenvalue weighted by Crippen LogP contribution is -2.19. The molecule has 0 aliphatic rings. The lowest BCUT2D eigenvalue weighted by Gasteiger charge is -2.05. The fourth-order valence-electron chi connectivity index (χ4n) is 1.82. The van der Waals surface area contributed by atoms with Crippen LogP contribution < -0.4 is 11.1 Å². The second kappa shape index (κ2) is 6.79. The van der Waals surface area contributed by atoms with E-state index in [2.05, 4.69) is 15.6 Å². The molecule has 0 amide bonds. The molecule has 7 nitrogen and oxygen atoms in total. The highest BCUT2D eigenvalue weighted by Crippen LogP contribution is 2.09. The topological polar surface area (TPSA) is 103 Å². The largest absolute Gasteiger partial charge is 0.325 e. The summed E-state index contributed by atoms with van der Waals surface area (Å²) in [6, 6.07) is 6.87. The number of nitrogens with zero attached hydrogens (tertiary/aromatic N) is 3. The van der Waals surface area contributed by atoms with E-state index in [1.165, 1.54) is 6.26 Å². The van der Waals surface area contributed by atoms with Crippen LogP contribution in [-0.2, 0) is 29.5 Å². The lowest BCUT2D eigenvalue weighted by atomic mass is 10.2.